The van der Waals surface area contributed by atoms with Crippen LogP contribution in [-0.4, -0.2) is 36.5 Å². The molecule has 0 saturated carbocycles. The third-order valence-electron chi connectivity index (χ3n) is 3.51. The van der Waals surface area contributed by atoms with E-state index >= 15 is 0 Å². The van der Waals surface area contributed by atoms with Crippen molar-refractivity contribution in [2.45, 2.75) is 25.8 Å². The van der Waals surface area contributed by atoms with Gasteiger partial charge in [0.25, 0.3) is 5.91 Å². The van der Waals surface area contributed by atoms with Crippen LogP contribution in [-0.2, 0) is 0 Å². The molecule has 3 nitrogen and oxygen atoms in total. The molecule has 1 fully saturated rings. The second-order valence-electron chi connectivity index (χ2n) is 4.70. The molecule has 5 heteroatoms. The van der Waals surface area contributed by atoms with Crippen LogP contribution in [0.5, 0.6) is 0 Å². The zero-order valence-corrected chi connectivity index (χ0v) is 14.1. The van der Waals surface area contributed by atoms with Crippen molar-refractivity contribution >= 4 is 37.8 Å². The fraction of sp³-hybridized carbons (Fsp3) is 0.500. The Bertz CT molecular complexity index is 459. The number of hydrogen-bond acceptors (Lipinski definition) is 2. The number of nitrogens with zero attached hydrogens (tertiary/aromatic N) is 1. The molecule has 104 valence electrons. The van der Waals surface area contributed by atoms with Crippen molar-refractivity contribution in [2.24, 2.45) is 0 Å². The molecule has 1 N–H and O–H groups in total. The van der Waals surface area contributed by atoms with E-state index in [0.717, 1.165) is 47.0 Å². The van der Waals surface area contributed by atoms with Gasteiger partial charge in [-0.2, -0.15) is 0 Å². The number of piperidine rings is 1. The van der Waals surface area contributed by atoms with Gasteiger partial charge in [0.05, 0.1) is 5.56 Å². The number of carbonyl (C=O) groups excluding carboxylic acids is 1. The zero-order chi connectivity index (χ0) is 13.8. The molecule has 1 aliphatic rings. The van der Waals surface area contributed by atoms with Crippen molar-refractivity contribution in [2.75, 3.05) is 19.6 Å². The number of nitrogens with one attached hydrogen (secondary N) is 1. The fourth-order valence-corrected chi connectivity index (χ4v) is 3.28. The molecule has 1 aromatic carbocycles. The summed E-state index contributed by atoms with van der Waals surface area (Å²) in [5.74, 6) is 0.113. The Morgan fingerprint density at radius 2 is 2.05 bits per heavy atom. The number of carbonyl (C=O) groups is 1. The molecule has 0 aliphatic carbocycles. The number of benzene rings is 1. The van der Waals surface area contributed by atoms with Gasteiger partial charge in [-0.25, -0.2) is 0 Å². The largest absolute Gasteiger partial charge is 0.336 e. The summed E-state index contributed by atoms with van der Waals surface area (Å²) in [6.45, 7) is 4.79. The van der Waals surface area contributed by atoms with Gasteiger partial charge in [0.15, 0.2) is 0 Å². The monoisotopic (exact) mass is 388 g/mol. The minimum Gasteiger partial charge on any atom is -0.336 e. The number of amides is 1. The first-order valence-electron chi connectivity index (χ1n) is 6.60. The van der Waals surface area contributed by atoms with E-state index in [1.165, 1.54) is 0 Å². The summed E-state index contributed by atoms with van der Waals surface area (Å²) in [6, 6.07) is 6.08. The Hall–Kier alpha value is -0.390. The predicted octanol–water partition coefficient (Wildman–Crippen LogP) is 3.43. The van der Waals surface area contributed by atoms with Crippen molar-refractivity contribution in [3.8, 4) is 0 Å². The van der Waals surface area contributed by atoms with Crippen molar-refractivity contribution in [1.29, 1.82) is 0 Å². The van der Waals surface area contributed by atoms with Crippen molar-refractivity contribution in [3.63, 3.8) is 0 Å². The van der Waals surface area contributed by atoms with Crippen molar-refractivity contribution in [3.05, 3.63) is 32.7 Å². The summed E-state index contributed by atoms with van der Waals surface area (Å²) >= 11 is 6.90. The average molecular weight is 390 g/mol. The number of hydrogen-bond donors (Lipinski definition) is 1. The van der Waals surface area contributed by atoms with Gasteiger partial charge in [0, 0.05) is 21.5 Å². The van der Waals surface area contributed by atoms with E-state index in [1.807, 2.05) is 30.0 Å². The zero-order valence-electron chi connectivity index (χ0n) is 11.0. The van der Waals surface area contributed by atoms with Gasteiger partial charge in [0.1, 0.15) is 0 Å². The van der Waals surface area contributed by atoms with Gasteiger partial charge in [0.2, 0.25) is 0 Å². The lowest BCUT2D eigenvalue weighted by Crippen LogP contribution is -2.46. The summed E-state index contributed by atoms with van der Waals surface area (Å²) in [4.78, 5) is 14.7. The van der Waals surface area contributed by atoms with E-state index < -0.39 is 0 Å². The maximum absolute atomic E-state index is 12.7. The normalized spacial score (nSPS) is 16.4. The third kappa shape index (κ3) is 3.58. The molecule has 1 saturated heterocycles. The highest BCUT2D eigenvalue weighted by atomic mass is 79.9. The Kier molecular flexibility index (Phi) is 5.42. The molecule has 0 bridgehead atoms. The number of rotatable bonds is 3. The SMILES string of the molecule is CCN(C(=O)c1cc(Br)ccc1Br)C1CCNCC1. The summed E-state index contributed by atoms with van der Waals surface area (Å²) in [5.41, 5.74) is 0.731. The molecule has 0 spiro atoms. The van der Waals surface area contributed by atoms with Crippen LogP contribution in [0.2, 0.25) is 0 Å². The first kappa shape index (κ1) is 15.0. The molecule has 0 unspecified atom stereocenters. The predicted molar refractivity (Wildman–Crippen MR) is 84.4 cm³/mol. The topological polar surface area (TPSA) is 32.3 Å². The van der Waals surface area contributed by atoms with E-state index in [1.54, 1.807) is 0 Å². The molecule has 2 rings (SSSR count). The summed E-state index contributed by atoms with van der Waals surface area (Å²) < 4.78 is 1.79. The summed E-state index contributed by atoms with van der Waals surface area (Å²) in [7, 11) is 0. The lowest BCUT2D eigenvalue weighted by atomic mass is 10.0. The third-order valence-corrected chi connectivity index (χ3v) is 4.69. The van der Waals surface area contributed by atoms with Crippen LogP contribution in [0.25, 0.3) is 0 Å². The second kappa shape index (κ2) is 6.86. The Morgan fingerprint density at radius 1 is 1.37 bits per heavy atom. The van der Waals surface area contributed by atoms with E-state index in [-0.39, 0.29) is 5.91 Å². The second-order valence-corrected chi connectivity index (χ2v) is 6.47. The highest BCUT2D eigenvalue weighted by Gasteiger charge is 2.26. The molecule has 1 aliphatic heterocycles. The first-order chi connectivity index (χ1) is 9.13. The Labute approximate surface area is 131 Å². The summed E-state index contributed by atoms with van der Waals surface area (Å²) in [6.07, 6.45) is 2.07. The Morgan fingerprint density at radius 3 is 2.68 bits per heavy atom. The lowest BCUT2D eigenvalue weighted by molar-refractivity contribution is 0.0655. The maximum Gasteiger partial charge on any atom is 0.255 e. The standard InChI is InChI=1S/C14H18Br2N2O/c1-2-18(11-5-7-17-8-6-11)14(19)12-9-10(15)3-4-13(12)16/h3-4,9,11,17H,2,5-8H2,1H3. The molecular formula is C14H18Br2N2O. The van der Waals surface area contributed by atoms with Crippen LogP contribution in [0.15, 0.2) is 27.1 Å². The van der Waals surface area contributed by atoms with Gasteiger partial charge in [-0.3, -0.25) is 4.79 Å². The van der Waals surface area contributed by atoms with E-state index in [4.69, 9.17) is 0 Å². The molecule has 1 aromatic rings. The van der Waals surface area contributed by atoms with Gasteiger partial charge in [-0.15, -0.1) is 0 Å². The van der Waals surface area contributed by atoms with Crippen molar-refractivity contribution in [1.82, 2.24) is 10.2 Å². The van der Waals surface area contributed by atoms with E-state index in [2.05, 4.69) is 37.2 Å². The van der Waals surface area contributed by atoms with Crippen LogP contribution in [0, 0.1) is 0 Å². The van der Waals surface area contributed by atoms with Crippen molar-refractivity contribution < 1.29 is 4.79 Å². The van der Waals surface area contributed by atoms with E-state index in [9.17, 15) is 4.79 Å². The molecule has 0 radical (unpaired) electrons. The lowest BCUT2D eigenvalue weighted by Gasteiger charge is -2.34. The van der Waals surface area contributed by atoms with Gasteiger partial charge in [-0.05, 0) is 67.0 Å². The van der Waals surface area contributed by atoms with Crippen LogP contribution in [0.3, 0.4) is 0 Å². The molecule has 19 heavy (non-hydrogen) atoms. The molecule has 0 atom stereocenters. The average Bonchev–Trinajstić information content (AvgIpc) is 2.43. The van der Waals surface area contributed by atoms with Crippen LogP contribution in [0.1, 0.15) is 30.1 Å². The minimum atomic E-state index is 0.113. The highest BCUT2D eigenvalue weighted by molar-refractivity contribution is 9.11. The Balaban J connectivity index is 2.22. The minimum absolute atomic E-state index is 0.113. The summed E-state index contributed by atoms with van der Waals surface area (Å²) in [5, 5.41) is 3.34. The van der Waals surface area contributed by atoms with E-state index in [0.29, 0.717) is 6.04 Å². The maximum atomic E-state index is 12.7. The van der Waals surface area contributed by atoms with Crippen LogP contribution in [0.4, 0.5) is 0 Å². The molecular weight excluding hydrogens is 372 g/mol. The van der Waals surface area contributed by atoms with Crippen LogP contribution >= 0.6 is 31.9 Å². The van der Waals surface area contributed by atoms with Crippen LogP contribution < -0.4 is 5.32 Å². The first-order valence-corrected chi connectivity index (χ1v) is 8.18. The molecule has 0 aromatic heterocycles. The van der Waals surface area contributed by atoms with Gasteiger partial charge < -0.3 is 10.2 Å². The molecule has 1 heterocycles. The quantitative estimate of drug-likeness (QED) is 0.858. The number of halogens is 2. The highest BCUT2D eigenvalue weighted by Crippen LogP contribution is 2.24. The fourth-order valence-electron chi connectivity index (χ4n) is 2.50. The molecule has 1 amide bonds. The smallest absolute Gasteiger partial charge is 0.255 e. The van der Waals surface area contributed by atoms with Gasteiger partial charge in [-0.1, -0.05) is 15.9 Å². The van der Waals surface area contributed by atoms with Gasteiger partial charge >= 0.3 is 0 Å².